The van der Waals surface area contributed by atoms with E-state index in [1.807, 2.05) is 0 Å². The molecule has 2 heterocycles. The standard InChI is InChI=1S/C21H24F3N3O6/c1-31-16-4-2-14(3-5-16)11-27-20(30)19(21(22,23)24)17(10-25-27)26-7-9-33-13-15(26)12-32-8-6-18(28)29/h2-5,10,15H,6-9,11-13H2,1H3,(H,28,29)/t15-/m0/s1. The van der Waals surface area contributed by atoms with Crippen LogP contribution in [0.15, 0.2) is 35.3 Å². The van der Waals surface area contributed by atoms with Crippen LogP contribution in [0.3, 0.4) is 0 Å². The number of ether oxygens (including phenoxy) is 3. The zero-order valence-corrected chi connectivity index (χ0v) is 17.9. The molecule has 0 amide bonds. The molecule has 1 N–H and O–H groups in total. The third kappa shape index (κ3) is 6.23. The van der Waals surface area contributed by atoms with Crippen LogP contribution in [-0.4, -0.2) is 67.0 Å². The first-order chi connectivity index (χ1) is 15.7. The van der Waals surface area contributed by atoms with E-state index in [4.69, 9.17) is 19.3 Å². The zero-order chi connectivity index (χ0) is 24.0. The number of aliphatic carboxylic acids is 1. The summed E-state index contributed by atoms with van der Waals surface area (Å²) in [6.45, 7) is 0.0425. The number of morpholine rings is 1. The van der Waals surface area contributed by atoms with Gasteiger partial charge in [-0.05, 0) is 17.7 Å². The highest BCUT2D eigenvalue weighted by Gasteiger charge is 2.41. The summed E-state index contributed by atoms with van der Waals surface area (Å²) >= 11 is 0. The van der Waals surface area contributed by atoms with Crippen LogP contribution in [0.1, 0.15) is 17.5 Å². The summed E-state index contributed by atoms with van der Waals surface area (Å²) in [7, 11) is 1.49. The number of hydrogen-bond donors (Lipinski definition) is 1. The van der Waals surface area contributed by atoms with Gasteiger partial charge in [-0.3, -0.25) is 9.59 Å². The highest BCUT2D eigenvalue weighted by atomic mass is 19.4. The fourth-order valence-electron chi connectivity index (χ4n) is 3.47. The van der Waals surface area contributed by atoms with Gasteiger partial charge in [-0.15, -0.1) is 0 Å². The normalized spacial score (nSPS) is 16.6. The quantitative estimate of drug-likeness (QED) is 0.554. The molecule has 33 heavy (non-hydrogen) atoms. The Balaban J connectivity index is 1.89. The van der Waals surface area contributed by atoms with Gasteiger partial charge in [-0.1, -0.05) is 12.1 Å². The summed E-state index contributed by atoms with van der Waals surface area (Å²) in [5.74, 6) is -0.468. The number of carboxylic acids is 1. The maximum absolute atomic E-state index is 14.0. The highest BCUT2D eigenvalue weighted by Crippen LogP contribution is 2.35. The lowest BCUT2D eigenvalue weighted by Crippen LogP contribution is -2.50. The Morgan fingerprint density at radius 1 is 1.30 bits per heavy atom. The number of nitrogens with zero attached hydrogens (tertiary/aromatic N) is 3. The number of hydrogen-bond acceptors (Lipinski definition) is 7. The molecule has 1 aliphatic heterocycles. The molecule has 3 rings (SSSR count). The van der Waals surface area contributed by atoms with Gasteiger partial charge in [0.1, 0.15) is 11.3 Å². The number of rotatable bonds is 9. The predicted molar refractivity (Wildman–Crippen MR) is 111 cm³/mol. The topological polar surface area (TPSA) is 103 Å². The first-order valence-electron chi connectivity index (χ1n) is 10.1. The van der Waals surface area contributed by atoms with E-state index in [0.717, 1.165) is 10.9 Å². The van der Waals surface area contributed by atoms with Gasteiger partial charge in [-0.2, -0.15) is 18.3 Å². The molecule has 1 aromatic heterocycles. The summed E-state index contributed by atoms with van der Waals surface area (Å²) in [4.78, 5) is 24.9. The second kappa shape index (κ2) is 10.7. The summed E-state index contributed by atoms with van der Waals surface area (Å²) in [5, 5.41) is 12.7. The Bertz CT molecular complexity index is 1010. The molecule has 0 aliphatic carbocycles. The summed E-state index contributed by atoms with van der Waals surface area (Å²) in [6, 6.07) is 5.93. The minimum atomic E-state index is -4.91. The number of halogens is 3. The highest BCUT2D eigenvalue weighted by molar-refractivity contribution is 5.66. The predicted octanol–water partition coefficient (Wildman–Crippen LogP) is 2.02. The molecular formula is C21H24F3N3O6. The van der Waals surface area contributed by atoms with E-state index in [1.165, 1.54) is 12.0 Å². The Labute approximate surface area is 187 Å². The lowest BCUT2D eigenvalue weighted by atomic mass is 10.1. The van der Waals surface area contributed by atoms with Crippen molar-refractivity contribution >= 4 is 11.7 Å². The fourth-order valence-corrected chi connectivity index (χ4v) is 3.47. The van der Waals surface area contributed by atoms with Gasteiger partial charge in [0.25, 0.3) is 5.56 Å². The van der Waals surface area contributed by atoms with Crippen LogP contribution >= 0.6 is 0 Å². The van der Waals surface area contributed by atoms with Crippen LogP contribution in [0, 0.1) is 0 Å². The van der Waals surface area contributed by atoms with Crippen LogP contribution in [0.4, 0.5) is 18.9 Å². The van der Waals surface area contributed by atoms with Crippen LogP contribution in [0.25, 0.3) is 0 Å². The number of benzene rings is 1. The van der Waals surface area contributed by atoms with Gasteiger partial charge in [0, 0.05) is 6.54 Å². The molecule has 0 bridgehead atoms. The van der Waals surface area contributed by atoms with Crippen molar-refractivity contribution in [2.75, 3.05) is 45.0 Å². The molecule has 9 nitrogen and oxygen atoms in total. The Kier molecular flexibility index (Phi) is 7.92. The van der Waals surface area contributed by atoms with Crippen LogP contribution in [-0.2, 0) is 27.0 Å². The molecule has 1 atom stereocenters. The number of carboxylic acid groups (broad SMARTS) is 1. The van der Waals surface area contributed by atoms with Crippen molar-refractivity contribution in [2.24, 2.45) is 0 Å². The molecule has 0 spiro atoms. The molecule has 0 radical (unpaired) electrons. The van der Waals surface area contributed by atoms with Crippen molar-refractivity contribution in [3.8, 4) is 5.75 Å². The first-order valence-corrected chi connectivity index (χ1v) is 10.1. The van der Waals surface area contributed by atoms with E-state index < -0.39 is 29.3 Å². The van der Waals surface area contributed by atoms with Crippen LogP contribution in [0.5, 0.6) is 5.75 Å². The van der Waals surface area contributed by atoms with Crippen molar-refractivity contribution in [3.05, 3.63) is 51.9 Å². The maximum atomic E-state index is 14.0. The van der Waals surface area contributed by atoms with Crippen molar-refractivity contribution in [1.82, 2.24) is 9.78 Å². The van der Waals surface area contributed by atoms with Gasteiger partial charge in [0.05, 0.1) is 64.4 Å². The second-order valence-corrected chi connectivity index (χ2v) is 7.35. The first kappa shape index (κ1) is 24.5. The smallest absolute Gasteiger partial charge is 0.423 e. The fraction of sp³-hybridized carbons (Fsp3) is 0.476. The molecule has 12 heteroatoms. The largest absolute Gasteiger partial charge is 0.497 e. The van der Waals surface area contributed by atoms with Crippen molar-refractivity contribution in [1.29, 1.82) is 0 Å². The Morgan fingerprint density at radius 2 is 2.03 bits per heavy atom. The van der Waals surface area contributed by atoms with Crippen LogP contribution in [0.2, 0.25) is 0 Å². The molecule has 1 fully saturated rings. The molecule has 2 aromatic rings. The van der Waals surface area contributed by atoms with Gasteiger partial charge in [0.15, 0.2) is 0 Å². The molecule has 1 aliphatic rings. The van der Waals surface area contributed by atoms with E-state index in [2.05, 4.69) is 5.10 Å². The van der Waals surface area contributed by atoms with E-state index in [9.17, 15) is 22.8 Å². The molecule has 1 saturated heterocycles. The average molecular weight is 471 g/mol. The molecule has 180 valence electrons. The van der Waals surface area contributed by atoms with Crippen LogP contribution < -0.4 is 15.2 Å². The second-order valence-electron chi connectivity index (χ2n) is 7.35. The number of carbonyl (C=O) groups is 1. The van der Waals surface area contributed by atoms with E-state index in [1.54, 1.807) is 24.3 Å². The molecule has 0 unspecified atom stereocenters. The third-order valence-electron chi connectivity index (χ3n) is 5.11. The summed E-state index contributed by atoms with van der Waals surface area (Å²) < 4.78 is 58.5. The van der Waals surface area contributed by atoms with E-state index >= 15 is 0 Å². The lowest BCUT2D eigenvalue weighted by molar-refractivity contribution is -0.139. The maximum Gasteiger partial charge on any atom is 0.423 e. The van der Waals surface area contributed by atoms with Crippen molar-refractivity contribution in [2.45, 2.75) is 25.2 Å². The van der Waals surface area contributed by atoms with Gasteiger partial charge in [-0.25, -0.2) is 4.68 Å². The zero-order valence-electron chi connectivity index (χ0n) is 17.9. The van der Waals surface area contributed by atoms with Gasteiger partial charge < -0.3 is 24.2 Å². The minimum Gasteiger partial charge on any atom is -0.497 e. The molecular weight excluding hydrogens is 447 g/mol. The Hall–Kier alpha value is -3.12. The number of alkyl halides is 3. The van der Waals surface area contributed by atoms with E-state index in [0.29, 0.717) is 11.3 Å². The molecule has 0 saturated carbocycles. The van der Waals surface area contributed by atoms with Crippen molar-refractivity contribution < 1.29 is 37.3 Å². The summed E-state index contributed by atoms with van der Waals surface area (Å²) in [6.07, 6.45) is -4.11. The van der Waals surface area contributed by atoms with Crippen molar-refractivity contribution in [3.63, 3.8) is 0 Å². The minimum absolute atomic E-state index is 0.0560. The van der Waals surface area contributed by atoms with Gasteiger partial charge in [0.2, 0.25) is 0 Å². The van der Waals surface area contributed by atoms with E-state index in [-0.39, 0.29) is 51.6 Å². The number of anilines is 1. The SMILES string of the molecule is COc1ccc(Cn2ncc(N3CCOC[C@@H]3COCCC(=O)O)c(C(F)(F)F)c2=O)cc1. The monoisotopic (exact) mass is 471 g/mol. The summed E-state index contributed by atoms with van der Waals surface area (Å²) in [5.41, 5.74) is -2.34. The average Bonchev–Trinajstić information content (AvgIpc) is 2.78. The lowest BCUT2D eigenvalue weighted by Gasteiger charge is -2.38. The Morgan fingerprint density at radius 3 is 2.67 bits per heavy atom. The molecule has 1 aromatic carbocycles. The number of aromatic nitrogens is 2. The van der Waals surface area contributed by atoms with Gasteiger partial charge >= 0.3 is 12.1 Å². The third-order valence-corrected chi connectivity index (χ3v) is 5.11. The number of methoxy groups -OCH3 is 1.